The Morgan fingerprint density at radius 1 is 1.42 bits per heavy atom. The zero-order chi connectivity index (χ0) is 14.0. The van der Waals surface area contributed by atoms with Gasteiger partial charge in [-0.15, -0.1) is 0 Å². The van der Waals surface area contributed by atoms with Gasteiger partial charge in [0.15, 0.2) is 0 Å². The highest BCUT2D eigenvalue weighted by molar-refractivity contribution is 6.30. The van der Waals surface area contributed by atoms with E-state index in [9.17, 15) is 4.79 Å². The van der Waals surface area contributed by atoms with Crippen LogP contribution in [0.15, 0.2) is 18.2 Å². The number of halogens is 1. The molecule has 1 N–H and O–H groups in total. The van der Waals surface area contributed by atoms with Crippen LogP contribution >= 0.6 is 11.6 Å². The number of hydrogen-bond acceptors (Lipinski definition) is 3. The second-order valence-electron chi connectivity index (χ2n) is 5.63. The van der Waals surface area contributed by atoms with E-state index in [0.717, 1.165) is 11.3 Å². The van der Waals surface area contributed by atoms with Crippen molar-refractivity contribution in [2.45, 2.75) is 32.9 Å². The summed E-state index contributed by atoms with van der Waals surface area (Å²) in [7, 11) is 0. The summed E-state index contributed by atoms with van der Waals surface area (Å²) in [5.74, 6) is 0. The molecule has 0 bridgehead atoms. The number of anilines is 1. The number of ether oxygens (including phenoxy) is 1. The molecule has 0 unspecified atom stereocenters. The van der Waals surface area contributed by atoms with Crippen molar-refractivity contribution in [2.24, 2.45) is 0 Å². The Morgan fingerprint density at radius 3 is 2.84 bits per heavy atom. The first-order valence-corrected chi connectivity index (χ1v) is 6.73. The molecule has 1 aliphatic heterocycles. The van der Waals surface area contributed by atoms with E-state index in [4.69, 9.17) is 16.3 Å². The predicted molar refractivity (Wildman–Crippen MR) is 76.6 cm³/mol. The number of nitrogens with zero attached hydrogens (tertiary/aromatic N) is 1. The summed E-state index contributed by atoms with van der Waals surface area (Å²) in [5, 5.41) is 3.96. The maximum absolute atomic E-state index is 12.1. The molecule has 0 saturated heterocycles. The van der Waals surface area contributed by atoms with Crippen molar-refractivity contribution in [1.29, 1.82) is 0 Å². The Hall–Kier alpha value is -1.42. The predicted octanol–water partition coefficient (Wildman–Crippen LogP) is 3.50. The smallest absolute Gasteiger partial charge is 0.410 e. The second-order valence-corrected chi connectivity index (χ2v) is 6.07. The average molecular weight is 283 g/mol. The molecule has 19 heavy (non-hydrogen) atoms. The molecule has 5 heteroatoms. The number of carbonyl (C=O) groups excluding carboxylic acids is 1. The summed E-state index contributed by atoms with van der Waals surface area (Å²) in [4.78, 5) is 13.8. The van der Waals surface area contributed by atoms with Crippen LogP contribution in [0.3, 0.4) is 0 Å². The quantitative estimate of drug-likeness (QED) is 0.792. The van der Waals surface area contributed by atoms with Gasteiger partial charge >= 0.3 is 6.09 Å². The van der Waals surface area contributed by atoms with Gasteiger partial charge in [-0.1, -0.05) is 11.6 Å². The van der Waals surface area contributed by atoms with E-state index in [-0.39, 0.29) is 6.09 Å². The van der Waals surface area contributed by atoms with Gasteiger partial charge in [0.2, 0.25) is 0 Å². The summed E-state index contributed by atoms with van der Waals surface area (Å²) in [6.45, 7) is 7.43. The summed E-state index contributed by atoms with van der Waals surface area (Å²) in [6, 6.07) is 5.67. The van der Waals surface area contributed by atoms with Gasteiger partial charge < -0.3 is 15.0 Å². The van der Waals surface area contributed by atoms with Crippen molar-refractivity contribution in [3.05, 3.63) is 28.8 Å². The van der Waals surface area contributed by atoms with Crippen LogP contribution in [0.4, 0.5) is 10.5 Å². The number of benzene rings is 1. The van der Waals surface area contributed by atoms with E-state index in [1.165, 1.54) is 0 Å². The van der Waals surface area contributed by atoms with E-state index in [0.29, 0.717) is 24.7 Å². The molecule has 0 radical (unpaired) electrons. The Morgan fingerprint density at radius 2 is 2.16 bits per heavy atom. The molecule has 1 heterocycles. The van der Waals surface area contributed by atoms with Crippen LogP contribution in [-0.4, -0.2) is 29.7 Å². The third-order valence-corrected chi connectivity index (χ3v) is 3.01. The lowest BCUT2D eigenvalue weighted by molar-refractivity contribution is 0.0245. The lowest BCUT2D eigenvalue weighted by Gasteiger charge is -2.26. The lowest BCUT2D eigenvalue weighted by Crippen LogP contribution is -2.37. The van der Waals surface area contributed by atoms with E-state index in [2.05, 4.69) is 5.32 Å². The van der Waals surface area contributed by atoms with Gasteiger partial charge in [0.05, 0.1) is 6.54 Å². The number of nitrogens with one attached hydrogen (secondary N) is 1. The molecule has 2 rings (SSSR count). The van der Waals surface area contributed by atoms with Crippen molar-refractivity contribution in [2.75, 3.05) is 18.4 Å². The Labute approximate surface area is 118 Å². The van der Waals surface area contributed by atoms with Crippen molar-refractivity contribution >= 4 is 23.4 Å². The molecule has 1 aromatic carbocycles. The summed E-state index contributed by atoms with van der Waals surface area (Å²) in [5.41, 5.74) is 1.56. The number of hydrogen-bond donors (Lipinski definition) is 1. The highest BCUT2D eigenvalue weighted by atomic mass is 35.5. The van der Waals surface area contributed by atoms with Crippen molar-refractivity contribution < 1.29 is 9.53 Å². The van der Waals surface area contributed by atoms with Gasteiger partial charge in [-0.2, -0.15) is 0 Å². The molecule has 0 saturated carbocycles. The monoisotopic (exact) mass is 282 g/mol. The highest BCUT2D eigenvalue weighted by Gasteiger charge is 2.24. The minimum Gasteiger partial charge on any atom is -0.444 e. The zero-order valence-corrected chi connectivity index (χ0v) is 12.3. The third-order valence-electron chi connectivity index (χ3n) is 2.78. The molecular weight excluding hydrogens is 264 g/mol. The van der Waals surface area contributed by atoms with Gasteiger partial charge in [0.1, 0.15) is 5.60 Å². The van der Waals surface area contributed by atoms with Crippen LogP contribution in [0.25, 0.3) is 0 Å². The first-order valence-electron chi connectivity index (χ1n) is 6.35. The Bertz CT molecular complexity index is 483. The third kappa shape index (κ3) is 3.77. The molecule has 1 amide bonds. The van der Waals surface area contributed by atoms with Crippen LogP contribution in [0, 0.1) is 0 Å². The fourth-order valence-corrected chi connectivity index (χ4v) is 2.15. The fourth-order valence-electron chi connectivity index (χ4n) is 1.96. The summed E-state index contributed by atoms with van der Waals surface area (Å²) < 4.78 is 5.40. The van der Waals surface area contributed by atoms with E-state index < -0.39 is 5.60 Å². The van der Waals surface area contributed by atoms with E-state index in [1.807, 2.05) is 39.0 Å². The molecule has 0 aromatic heterocycles. The van der Waals surface area contributed by atoms with Gasteiger partial charge in [0, 0.05) is 23.8 Å². The maximum Gasteiger partial charge on any atom is 0.410 e. The maximum atomic E-state index is 12.1. The minimum atomic E-state index is -0.478. The normalized spacial score (nSPS) is 15.3. The molecule has 1 aromatic rings. The first-order chi connectivity index (χ1) is 8.85. The molecule has 1 aliphatic rings. The standard InChI is InChI=1S/C14H19ClN2O2/c1-14(2,3)19-13(18)17-7-6-16-12-5-4-11(15)8-10(12)9-17/h4-5,8,16H,6-7,9H2,1-3H3. The Balaban J connectivity index is 2.15. The Kier molecular flexibility index (Phi) is 3.90. The van der Waals surface area contributed by atoms with Crippen LogP contribution in [0.2, 0.25) is 5.02 Å². The van der Waals surface area contributed by atoms with Gasteiger partial charge in [-0.25, -0.2) is 4.79 Å². The van der Waals surface area contributed by atoms with Crippen LogP contribution in [0.1, 0.15) is 26.3 Å². The number of amides is 1. The highest BCUT2D eigenvalue weighted by Crippen LogP contribution is 2.24. The summed E-state index contributed by atoms with van der Waals surface area (Å²) >= 11 is 6.00. The first kappa shape index (κ1) is 14.0. The van der Waals surface area contributed by atoms with Crippen molar-refractivity contribution in [3.63, 3.8) is 0 Å². The van der Waals surface area contributed by atoms with Crippen LogP contribution in [0.5, 0.6) is 0 Å². The number of fused-ring (bicyclic) bond motifs is 1. The van der Waals surface area contributed by atoms with Crippen LogP contribution in [-0.2, 0) is 11.3 Å². The molecule has 0 atom stereocenters. The van der Waals surface area contributed by atoms with Crippen LogP contribution < -0.4 is 5.32 Å². The second kappa shape index (κ2) is 5.29. The van der Waals surface area contributed by atoms with Gasteiger partial charge in [-0.3, -0.25) is 0 Å². The topological polar surface area (TPSA) is 41.6 Å². The molecule has 0 aliphatic carbocycles. The minimum absolute atomic E-state index is 0.290. The molecular formula is C14H19ClN2O2. The number of carbonyl (C=O) groups is 1. The number of rotatable bonds is 0. The SMILES string of the molecule is CC(C)(C)OC(=O)N1CCNc2ccc(Cl)cc2C1. The van der Waals surface area contributed by atoms with Crippen molar-refractivity contribution in [1.82, 2.24) is 4.90 Å². The van der Waals surface area contributed by atoms with Crippen molar-refractivity contribution in [3.8, 4) is 0 Å². The molecule has 0 fully saturated rings. The van der Waals surface area contributed by atoms with E-state index >= 15 is 0 Å². The lowest BCUT2D eigenvalue weighted by atomic mass is 10.1. The molecule has 104 valence electrons. The zero-order valence-electron chi connectivity index (χ0n) is 11.5. The summed E-state index contributed by atoms with van der Waals surface area (Å²) in [6.07, 6.45) is -0.290. The van der Waals surface area contributed by atoms with Gasteiger partial charge in [0.25, 0.3) is 0 Å². The average Bonchev–Trinajstić information content (AvgIpc) is 2.48. The fraction of sp³-hybridized carbons (Fsp3) is 0.500. The van der Waals surface area contributed by atoms with Gasteiger partial charge in [-0.05, 0) is 44.5 Å². The largest absolute Gasteiger partial charge is 0.444 e. The van der Waals surface area contributed by atoms with E-state index in [1.54, 1.807) is 4.90 Å². The molecule has 4 nitrogen and oxygen atoms in total. The molecule has 0 spiro atoms.